The van der Waals surface area contributed by atoms with E-state index in [1.807, 2.05) is 0 Å². The van der Waals surface area contributed by atoms with Crippen LogP contribution in [0.4, 0.5) is 34.1 Å². The minimum Gasteiger partial charge on any atom is -0.310 e. The predicted octanol–water partition coefficient (Wildman–Crippen LogP) is 35.4. The van der Waals surface area contributed by atoms with E-state index in [0.29, 0.717) is 5.92 Å². The number of fused-ring (bicyclic) bond motifs is 42. The third kappa shape index (κ3) is 10.2. The van der Waals surface area contributed by atoms with Crippen LogP contribution in [0, 0.1) is 0 Å². The van der Waals surface area contributed by atoms with Crippen LogP contribution in [-0.4, -0.2) is 0 Å². The van der Waals surface area contributed by atoms with E-state index in [-0.39, 0.29) is 10.8 Å². The van der Waals surface area contributed by atoms with Crippen LogP contribution in [0.5, 0.6) is 0 Å². The highest BCUT2D eigenvalue weighted by molar-refractivity contribution is 6.28. The Morgan fingerprint density at radius 2 is 0.515 bits per heavy atom. The molecule has 2 heteroatoms. The quantitative estimate of drug-likeness (QED) is 0.133. The number of hydrogen-bond acceptors (Lipinski definition) is 2. The highest BCUT2D eigenvalue weighted by atomic mass is 15.2. The van der Waals surface area contributed by atoms with Crippen molar-refractivity contribution < 1.29 is 0 Å². The first-order valence-electron chi connectivity index (χ1n) is 49.3. The Hall–Kier alpha value is -16.0. The van der Waals surface area contributed by atoms with E-state index >= 15 is 0 Å². The molecular weight excluding hydrogens is 1640 g/mol. The Labute approximate surface area is 792 Å². The number of anilines is 6. The highest BCUT2D eigenvalue weighted by Gasteiger charge is 2.56. The van der Waals surface area contributed by atoms with Crippen molar-refractivity contribution in [3.63, 3.8) is 0 Å². The Balaban J connectivity index is 0.588. The zero-order valence-corrected chi connectivity index (χ0v) is 75.5. The molecule has 8 aliphatic carbocycles. The van der Waals surface area contributed by atoms with Crippen LogP contribution in [-0.2, 0) is 21.7 Å². The predicted molar refractivity (Wildman–Crippen MR) is 567 cm³/mol. The molecule has 22 aromatic rings. The van der Waals surface area contributed by atoms with Gasteiger partial charge in [-0.3, -0.25) is 0 Å². The molecule has 2 nitrogen and oxygen atoms in total. The lowest BCUT2D eigenvalue weighted by Gasteiger charge is -2.40. The summed E-state index contributed by atoms with van der Waals surface area (Å²) < 4.78 is 0. The van der Waals surface area contributed by atoms with Gasteiger partial charge in [0.15, 0.2) is 0 Å². The van der Waals surface area contributed by atoms with E-state index < -0.39 is 10.8 Å². The fourth-order valence-electron chi connectivity index (χ4n) is 28.6. The Morgan fingerprint density at radius 1 is 0.184 bits per heavy atom. The van der Waals surface area contributed by atoms with Crippen molar-refractivity contribution in [2.24, 2.45) is 0 Å². The molecule has 0 aromatic heterocycles. The fraction of sp³-hybridized carbons (Fsp3) is 0.104. The van der Waals surface area contributed by atoms with Crippen LogP contribution in [0.1, 0.15) is 136 Å². The van der Waals surface area contributed by atoms with Gasteiger partial charge >= 0.3 is 0 Å². The second-order valence-corrected chi connectivity index (χ2v) is 39.9. The number of hydrogen-bond donors (Lipinski definition) is 0. The molecule has 0 amide bonds. The molecule has 0 radical (unpaired) electrons. The Kier molecular flexibility index (Phi) is 16.2. The third-order valence-electron chi connectivity index (χ3n) is 33.9. The van der Waals surface area contributed by atoms with E-state index in [1.165, 1.54) is 257 Å². The standard InChI is InChI=1S/C134H92N2/c1-4-34-83(35-5-1)107-78-113-104-50-19-28-59-122(104)133(118-55-24-15-45-99(118)100-46-16-25-56-119(100)133)125(113)80-128(107)135(87-64-68-97-92-41-9-8-39-90(92)91-40-10-11-42-93(91)110(97)75-87)88-66-70-117-112(77-88)103-49-14-22-53-115(103)132(117)73-33-38-86(82-132)85-63-67-96-98-69-65-89(76-111(98)95-44-13-12-43-94(95)109(96)74-85)136(127-62-32-61-124-130(127)106-52-21-23-54-116(106)131(124)71-30-3-31-72-131)129-81-126-114(79-108(129)84-36-6-2-7-37-84)105-51-20-29-60-123(105)134(126)120-57-26-17-47-101(120)102-48-18-27-58-121(102)134/h1-2,4-29,32,34-37,39-70,74-81,86H,3,30-31,33,38,71-73,82H2. The molecular formula is C134H92N2. The second-order valence-electron chi connectivity index (χ2n) is 39.9. The lowest BCUT2D eigenvalue weighted by molar-refractivity contribution is 0.316. The van der Waals surface area contributed by atoms with Crippen molar-refractivity contribution in [1.29, 1.82) is 0 Å². The molecule has 8 aliphatic rings. The molecule has 4 spiro atoms. The van der Waals surface area contributed by atoms with E-state index in [1.54, 1.807) is 0 Å². The molecule has 2 fully saturated rings. The number of nitrogens with zero attached hydrogens (tertiary/aromatic N) is 2. The maximum Gasteiger partial charge on any atom is 0.0726 e. The van der Waals surface area contributed by atoms with Crippen LogP contribution in [0.25, 0.3) is 154 Å². The molecule has 0 bridgehead atoms. The van der Waals surface area contributed by atoms with Crippen LogP contribution in [0.3, 0.4) is 0 Å². The summed E-state index contributed by atoms with van der Waals surface area (Å²) in [6, 6.07) is 173. The largest absolute Gasteiger partial charge is 0.310 e. The van der Waals surface area contributed by atoms with E-state index in [9.17, 15) is 0 Å². The first kappa shape index (κ1) is 76.5. The Morgan fingerprint density at radius 3 is 0.993 bits per heavy atom. The summed E-state index contributed by atoms with van der Waals surface area (Å²) in [4.78, 5) is 5.39. The van der Waals surface area contributed by atoms with Gasteiger partial charge in [0.1, 0.15) is 0 Å². The van der Waals surface area contributed by atoms with Gasteiger partial charge in [-0.25, -0.2) is 0 Å². The van der Waals surface area contributed by atoms with Gasteiger partial charge in [-0.05, 0) is 314 Å². The van der Waals surface area contributed by atoms with Crippen molar-refractivity contribution in [3.05, 3.63) is 515 Å². The lowest BCUT2D eigenvalue weighted by atomic mass is 9.63. The van der Waals surface area contributed by atoms with Gasteiger partial charge in [0, 0.05) is 44.6 Å². The number of benzene rings is 22. The highest BCUT2D eigenvalue weighted by Crippen LogP contribution is 2.69. The van der Waals surface area contributed by atoms with Crippen molar-refractivity contribution in [1.82, 2.24) is 0 Å². The molecule has 2 atom stereocenters. The first-order chi connectivity index (χ1) is 67.4. The lowest BCUT2D eigenvalue weighted by Crippen LogP contribution is -2.31. The monoisotopic (exact) mass is 1730 g/mol. The zero-order chi connectivity index (χ0) is 88.9. The molecule has 638 valence electrons. The molecule has 2 saturated carbocycles. The van der Waals surface area contributed by atoms with Crippen molar-refractivity contribution in [2.75, 3.05) is 9.80 Å². The summed E-state index contributed by atoms with van der Waals surface area (Å²) >= 11 is 0. The number of rotatable bonds is 9. The van der Waals surface area contributed by atoms with Crippen LogP contribution in [0.15, 0.2) is 443 Å². The van der Waals surface area contributed by atoms with Crippen molar-refractivity contribution in [3.8, 4) is 89.0 Å². The second kappa shape index (κ2) is 28.8. The minimum atomic E-state index is -0.570. The topological polar surface area (TPSA) is 6.48 Å². The van der Waals surface area contributed by atoms with Crippen molar-refractivity contribution >= 4 is 98.8 Å². The summed E-state index contributed by atoms with van der Waals surface area (Å²) in [5.74, 6) is 0.291. The Bertz CT molecular complexity index is 8800. The van der Waals surface area contributed by atoms with Gasteiger partial charge in [0.2, 0.25) is 0 Å². The molecule has 0 aliphatic heterocycles. The van der Waals surface area contributed by atoms with Crippen LogP contribution >= 0.6 is 0 Å². The van der Waals surface area contributed by atoms with Gasteiger partial charge < -0.3 is 9.80 Å². The van der Waals surface area contributed by atoms with E-state index in [0.717, 1.165) is 61.3 Å². The minimum absolute atomic E-state index is 0.0623. The average molecular weight is 1730 g/mol. The van der Waals surface area contributed by atoms with E-state index in [4.69, 9.17) is 0 Å². The van der Waals surface area contributed by atoms with Gasteiger partial charge in [-0.15, -0.1) is 0 Å². The molecule has 2 unspecified atom stereocenters. The average Bonchev–Trinajstić information content (AvgIpc) is 1.50. The molecule has 22 aromatic carbocycles. The third-order valence-corrected chi connectivity index (χ3v) is 33.9. The summed E-state index contributed by atoms with van der Waals surface area (Å²) in [5.41, 5.74) is 44.0. The smallest absolute Gasteiger partial charge is 0.0726 e. The molecule has 136 heavy (non-hydrogen) atoms. The molecule has 0 heterocycles. The van der Waals surface area contributed by atoms with Crippen LogP contribution in [0.2, 0.25) is 0 Å². The van der Waals surface area contributed by atoms with E-state index in [2.05, 4.69) is 453 Å². The van der Waals surface area contributed by atoms with Gasteiger partial charge in [0.05, 0.1) is 27.9 Å². The molecule has 0 N–H and O–H groups in total. The van der Waals surface area contributed by atoms with Gasteiger partial charge in [-0.1, -0.05) is 402 Å². The molecule has 0 saturated heterocycles. The summed E-state index contributed by atoms with van der Waals surface area (Å²) in [7, 11) is 0. The maximum absolute atomic E-state index is 2.73. The maximum atomic E-state index is 2.73. The molecule has 30 rings (SSSR count). The zero-order valence-electron chi connectivity index (χ0n) is 75.5. The van der Waals surface area contributed by atoms with Gasteiger partial charge in [-0.2, -0.15) is 0 Å². The fourth-order valence-corrected chi connectivity index (χ4v) is 28.6. The normalized spacial score (nSPS) is 16.7. The first-order valence-corrected chi connectivity index (χ1v) is 49.3. The van der Waals surface area contributed by atoms with Gasteiger partial charge in [0.25, 0.3) is 0 Å². The SMILES string of the molecule is c1ccc(-c2cc3c(cc2N(c2ccc4c(c2)-c2ccccc2C42CCCC(c4ccc5c6ccc(N(c7cc8c(cc7-c7ccccc7)-c7ccccc7C87c8ccccc8-c8ccccc87)c7cccc8c7-c7ccccc7C87CCCCC7)cc6c6ccccc6c5c4)C2)c2ccc4c5ccccc5c5ccccc5c4c2)C2(c4ccccc4-c4ccccc42)c2ccccc2-3)cc1. The summed E-state index contributed by atoms with van der Waals surface area (Å²) in [6.45, 7) is 0. The summed E-state index contributed by atoms with van der Waals surface area (Å²) in [6.07, 6.45) is 10.3. The summed E-state index contributed by atoms with van der Waals surface area (Å²) in [5, 5.41) is 15.2. The van der Waals surface area contributed by atoms with Crippen LogP contribution < -0.4 is 9.80 Å². The van der Waals surface area contributed by atoms with Crippen molar-refractivity contribution in [2.45, 2.75) is 85.4 Å².